The van der Waals surface area contributed by atoms with Crippen molar-refractivity contribution >= 4 is 28.6 Å². The summed E-state index contributed by atoms with van der Waals surface area (Å²) in [4.78, 5) is 21.7. The number of benzene rings is 2. The van der Waals surface area contributed by atoms with E-state index in [1.807, 2.05) is 52.3 Å². The van der Waals surface area contributed by atoms with Gasteiger partial charge in [-0.3, -0.25) is 14.8 Å². The fraction of sp³-hybridized carbons (Fsp3) is 0.360. The van der Waals surface area contributed by atoms with Crippen LogP contribution in [0.4, 0.5) is 10.5 Å². The fourth-order valence-electron chi connectivity index (χ4n) is 3.13. The molecule has 1 aliphatic heterocycles. The Bertz CT molecular complexity index is 993. The molecule has 154 valence electrons. The zero-order chi connectivity index (χ0) is 21.1. The van der Waals surface area contributed by atoms with Crippen LogP contribution in [0.5, 0.6) is 0 Å². The van der Waals surface area contributed by atoms with Crippen molar-refractivity contribution in [3.63, 3.8) is 0 Å². The normalized spacial score (nSPS) is 18.4. The monoisotopic (exact) mass is 417 g/mol. The Morgan fingerprint density at radius 3 is 2.40 bits per heavy atom. The van der Waals surface area contributed by atoms with Gasteiger partial charge in [-0.25, -0.2) is 4.79 Å². The Balaban J connectivity index is 1.47. The average Bonchev–Trinajstić information content (AvgIpc) is 3.56. The minimum Gasteiger partial charge on any atom is -0.284 e. The molecule has 2 aromatic carbocycles. The first-order valence-corrected chi connectivity index (χ1v) is 11.3. The van der Waals surface area contributed by atoms with E-state index in [2.05, 4.69) is 44.7 Å². The van der Waals surface area contributed by atoms with Crippen LogP contribution in [0.3, 0.4) is 0 Å². The minimum absolute atomic E-state index is 0.00467. The molecule has 0 spiro atoms. The third kappa shape index (κ3) is 5.06. The van der Waals surface area contributed by atoms with Gasteiger partial charge in [0.25, 0.3) is 0 Å². The molecule has 1 heterocycles. The fourth-order valence-corrected chi connectivity index (χ4v) is 4.16. The number of hydrogen-bond acceptors (Lipinski definition) is 3. The van der Waals surface area contributed by atoms with Gasteiger partial charge in [0.15, 0.2) is 5.17 Å². The number of amidine groups is 1. The number of urea groups is 1. The zero-order valence-electron chi connectivity index (χ0n) is 17.8. The van der Waals surface area contributed by atoms with Crippen LogP contribution in [0.2, 0.25) is 0 Å². The predicted molar refractivity (Wildman–Crippen MR) is 126 cm³/mol. The minimum atomic E-state index is -0.00467. The number of nitrogens with zero attached hydrogens (tertiary/aromatic N) is 3. The lowest BCUT2D eigenvalue weighted by atomic mass is 9.97. The van der Waals surface area contributed by atoms with Gasteiger partial charge in [-0.15, -0.1) is 0 Å². The highest BCUT2D eigenvalue weighted by atomic mass is 32.2. The molecule has 4 nitrogen and oxygen atoms in total. The van der Waals surface area contributed by atoms with Gasteiger partial charge >= 0.3 is 6.03 Å². The Kier molecular flexibility index (Phi) is 5.87. The van der Waals surface area contributed by atoms with Crippen LogP contribution in [0, 0.1) is 17.3 Å². The summed E-state index contributed by atoms with van der Waals surface area (Å²) in [6.07, 6.45) is 2.10. The lowest BCUT2D eigenvalue weighted by Crippen LogP contribution is -2.51. The molecule has 0 N–H and O–H groups in total. The molecule has 2 aromatic rings. The van der Waals surface area contributed by atoms with Crippen LogP contribution in [0.15, 0.2) is 59.6 Å². The van der Waals surface area contributed by atoms with Gasteiger partial charge in [-0.1, -0.05) is 53.9 Å². The van der Waals surface area contributed by atoms with Crippen LogP contribution in [0.25, 0.3) is 0 Å². The summed E-state index contributed by atoms with van der Waals surface area (Å²) >= 11 is 1.64. The van der Waals surface area contributed by atoms with Gasteiger partial charge in [0.05, 0.1) is 12.4 Å². The molecule has 1 saturated carbocycles. The molecule has 2 amide bonds. The smallest absolute Gasteiger partial charge is 0.284 e. The molecule has 0 radical (unpaired) electrons. The molecular formula is C25H27N3OS. The van der Waals surface area contributed by atoms with Crippen molar-refractivity contribution in [1.82, 2.24) is 4.90 Å². The number of para-hydroxylation sites is 1. The number of amides is 2. The molecule has 0 aromatic heterocycles. The molecule has 0 atom stereocenters. The third-order valence-electron chi connectivity index (χ3n) is 4.88. The number of aliphatic imine (C=N–C) groups is 1. The maximum Gasteiger partial charge on any atom is 0.331 e. The van der Waals surface area contributed by atoms with E-state index < -0.39 is 0 Å². The van der Waals surface area contributed by atoms with Crippen LogP contribution in [-0.2, 0) is 6.54 Å². The Morgan fingerprint density at radius 2 is 1.77 bits per heavy atom. The zero-order valence-corrected chi connectivity index (χ0v) is 18.6. The maximum absolute atomic E-state index is 13.2. The van der Waals surface area contributed by atoms with E-state index >= 15 is 0 Å². The first-order valence-electron chi connectivity index (χ1n) is 10.4. The Hall–Kier alpha value is -2.71. The highest BCUT2D eigenvalue weighted by Gasteiger charge is 2.41. The number of thioether (sulfide) groups is 1. The second-order valence-corrected chi connectivity index (χ2v) is 9.63. The molecule has 2 fully saturated rings. The quantitative estimate of drug-likeness (QED) is 0.595. The topological polar surface area (TPSA) is 35.9 Å². The van der Waals surface area contributed by atoms with E-state index in [9.17, 15) is 4.79 Å². The second-order valence-electron chi connectivity index (χ2n) is 8.72. The summed E-state index contributed by atoms with van der Waals surface area (Å²) in [6.45, 7) is 6.89. The molecule has 5 heteroatoms. The van der Waals surface area contributed by atoms with Crippen molar-refractivity contribution in [1.29, 1.82) is 0 Å². The van der Waals surface area contributed by atoms with Crippen LogP contribution in [-0.4, -0.2) is 28.0 Å². The molecule has 0 unspecified atom stereocenters. The van der Waals surface area contributed by atoms with Crippen molar-refractivity contribution < 1.29 is 4.79 Å². The molecule has 1 aliphatic carbocycles. The summed E-state index contributed by atoms with van der Waals surface area (Å²) in [7, 11) is 0. The van der Waals surface area contributed by atoms with E-state index in [0.717, 1.165) is 34.8 Å². The lowest BCUT2D eigenvalue weighted by Gasteiger charge is -2.36. The van der Waals surface area contributed by atoms with Crippen LogP contribution < -0.4 is 4.90 Å². The van der Waals surface area contributed by atoms with Crippen molar-refractivity contribution in [2.24, 2.45) is 10.4 Å². The first kappa shape index (κ1) is 20.6. The van der Waals surface area contributed by atoms with Gasteiger partial charge in [0, 0.05) is 22.7 Å². The third-order valence-corrected chi connectivity index (χ3v) is 5.85. The molecule has 2 aliphatic rings. The van der Waals surface area contributed by atoms with Gasteiger partial charge in [0.2, 0.25) is 0 Å². The molecule has 0 bridgehead atoms. The molecule has 30 heavy (non-hydrogen) atoms. The largest absolute Gasteiger partial charge is 0.331 e. The number of carbonyl (C=O) groups excluding carboxylic acids is 1. The maximum atomic E-state index is 13.2. The first-order chi connectivity index (χ1) is 14.4. The van der Waals surface area contributed by atoms with E-state index in [0.29, 0.717) is 12.4 Å². The molecular weight excluding hydrogens is 390 g/mol. The summed E-state index contributed by atoms with van der Waals surface area (Å²) in [5, 5.41) is 0.839. The van der Waals surface area contributed by atoms with Crippen molar-refractivity contribution in [3.8, 4) is 11.8 Å². The highest BCUT2D eigenvalue weighted by molar-refractivity contribution is 8.14. The van der Waals surface area contributed by atoms with Gasteiger partial charge < -0.3 is 0 Å². The van der Waals surface area contributed by atoms with Crippen LogP contribution in [0.1, 0.15) is 44.7 Å². The molecule has 4 rings (SSSR count). The number of carbonyl (C=O) groups is 1. The second kappa shape index (κ2) is 8.57. The van der Waals surface area contributed by atoms with E-state index in [1.165, 1.54) is 0 Å². The lowest BCUT2D eigenvalue weighted by molar-refractivity contribution is 0.226. The van der Waals surface area contributed by atoms with Crippen molar-refractivity contribution in [2.45, 2.75) is 46.2 Å². The average molecular weight is 418 g/mol. The Morgan fingerprint density at radius 1 is 1.07 bits per heavy atom. The van der Waals surface area contributed by atoms with Crippen molar-refractivity contribution in [2.75, 3.05) is 10.8 Å². The Labute approximate surface area is 183 Å². The standard InChI is InChI=1S/C25H27N3OS/c1-25(2,3)16-15-19-9-11-20(12-10-19)17-26-23-28(22-13-14-22)24(29)27(18-30-23)21-7-5-4-6-8-21/h4-12,22H,13-14,17-18H2,1-3H3. The molecule has 1 saturated heterocycles. The summed E-state index contributed by atoms with van der Waals surface area (Å²) in [6, 6.07) is 18.4. The summed E-state index contributed by atoms with van der Waals surface area (Å²) in [5.74, 6) is 7.07. The van der Waals surface area contributed by atoms with Gasteiger partial charge in [-0.05, 0) is 63.4 Å². The van der Waals surface area contributed by atoms with E-state index in [1.54, 1.807) is 11.8 Å². The number of hydrogen-bond donors (Lipinski definition) is 0. The summed E-state index contributed by atoms with van der Waals surface area (Å²) < 4.78 is 0. The van der Waals surface area contributed by atoms with E-state index in [-0.39, 0.29) is 17.5 Å². The highest BCUT2D eigenvalue weighted by Crippen LogP contribution is 2.35. The predicted octanol–water partition coefficient (Wildman–Crippen LogP) is 5.74. The SMILES string of the molecule is CC(C)(C)C#Cc1ccc(CN=C2SCN(c3ccccc3)C(=O)N2C2CC2)cc1. The summed E-state index contributed by atoms with van der Waals surface area (Å²) in [5.41, 5.74) is 3.07. The van der Waals surface area contributed by atoms with Gasteiger partial charge in [-0.2, -0.15) is 0 Å². The van der Waals surface area contributed by atoms with Crippen LogP contribution >= 0.6 is 11.8 Å². The van der Waals surface area contributed by atoms with Crippen molar-refractivity contribution in [3.05, 3.63) is 65.7 Å². The number of anilines is 1. The number of rotatable bonds is 4. The van der Waals surface area contributed by atoms with E-state index in [4.69, 9.17) is 4.99 Å². The van der Waals surface area contributed by atoms with Gasteiger partial charge in [0.1, 0.15) is 0 Å².